The average molecular weight is 450 g/mol. The minimum absolute atomic E-state index is 0.203. The molecule has 0 bridgehead atoms. The molecule has 0 spiro atoms. The van der Waals surface area contributed by atoms with Gasteiger partial charge in [-0.25, -0.2) is 0 Å². The van der Waals surface area contributed by atoms with Crippen molar-refractivity contribution in [1.29, 1.82) is 0 Å². The lowest BCUT2D eigenvalue weighted by molar-refractivity contribution is 0.387. The second-order valence-corrected chi connectivity index (χ2v) is 12.0. The highest BCUT2D eigenvalue weighted by Crippen LogP contribution is 2.68. The monoisotopic (exact) mass is 449 g/mol. The molecule has 0 unspecified atom stereocenters. The van der Waals surface area contributed by atoms with E-state index in [9.17, 15) is 8.42 Å². The highest BCUT2D eigenvalue weighted by Gasteiger charge is 2.43. The Morgan fingerprint density at radius 3 is 1.55 bits per heavy atom. The summed E-state index contributed by atoms with van der Waals surface area (Å²) in [5, 5.41) is 0. The molecule has 5 heteroatoms. The Morgan fingerprint density at radius 2 is 1.03 bits per heavy atom. The molecular weight excluding hydrogens is 424 g/mol. The Labute approximate surface area is 186 Å². The summed E-state index contributed by atoms with van der Waals surface area (Å²) < 4.78 is 32.0. The van der Waals surface area contributed by atoms with Crippen LogP contribution in [0.15, 0.2) is 129 Å². The highest BCUT2D eigenvalue weighted by atomic mass is 32.3. The van der Waals surface area contributed by atoms with Gasteiger partial charge in [0.25, 0.3) is 0 Å². The number of hydrogen-bond acceptors (Lipinski definition) is 2. The Bertz CT molecular complexity index is 1230. The van der Waals surface area contributed by atoms with E-state index in [4.69, 9.17) is 3.63 Å². The number of rotatable bonds is 6. The molecule has 0 heterocycles. The van der Waals surface area contributed by atoms with E-state index in [1.165, 1.54) is 0 Å². The molecule has 0 aliphatic rings. The molecule has 0 atom stereocenters. The van der Waals surface area contributed by atoms with Gasteiger partial charge in [0.05, 0.1) is 25.0 Å². The zero-order valence-corrected chi connectivity index (χ0v) is 19.1. The highest BCUT2D eigenvalue weighted by molar-refractivity contribution is 8.32. The third-order valence-electron chi connectivity index (χ3n) is 5.03. The van der Waals surface area contributed by atoms with E-state index < -0.39 is 20.4 Å². The third kappa shape index (κ3) is 4.30. The van der Waals surface area contributed by atoms with Crippen molar-refractivity contribution < 1.29 is 12.0 Å². The van der Waals surface area contributed by atoms with Gasteiger partial charge in [0.15, 0.2) is 0 Å². The van der Waals surface area contributed by atoms with Crippen molar-refractivity contribution in [1.82, 2.24) is 0 Å². The lowest BCUT2D eigenvalue weighted by Crippen LogP contribution is -2.18. The molecule has 158 valence electrons. The van der Waals surface area contributed by atoms with Gasteiger partial charge in [0.1, 0.15) is 4.90 Å². The average Bonchev–Trinajstić information content (AvgIpc) is 2.79. The fourth-order valence-electron chi connectivity index (χ4n) is 3.47. The molecule has 0 radical (unpaired) electrons. The van der Waals surface area contributed by atoms with Crippen LogP contribution in [0.4, 0.5) is 0 Å². The molecule has 0 aliphatic heterocycles. The van der Waals surface area contributed by atoms with Gasteiger partial charge < -0.3 is 0 Å². The first-order valence-electron chi connectivity index (χ1n) is 9.98. The third-order valence-corrected chi connectivity index (χ3v) is 10.4. The minimum Gasteiger partial charge on any atom is -0.258 e. The lowest BCUT2D eigenvalue weighted by Gasteiger charge is -2.35. The summed E-state index contributed by atoms with van der Waals surface area (Å²) in [4.78, 5) is 2.85. The largest absolute Gasteiger partial charge is 0.422 e. The predicted molar refractivity (Wildman–Crippen MR) is 127 cm³/mol. The molecule has 4 aromatic carbocycles. The Balaban J connectivity index is 2.01. The van der Waals surface area contributed by atoms with Crippen molar-refractivity contribution >= 4 is 20.4 Å². The van der Waals surface area contributed by atoms with Crippen LogP contribution in [-0.4, -0.2) is 12.0 Å². The molecule has 0 aromatic heterocycles. The van der Waals surface area contributed by atoms with E-state index in [2.05, 4.69) is 0 Å². The van der Waals surface area contributed by atoms with Crippen molar-refractivity contribution in [2.75, 3.05) is 0 Å². The number of hydrogen-bond donors (Lipinski definition) is 0. The van der Waals surface area contributed by atoms with Gasteiger partial charge in [-0.05, 0) is 67.9 Å². The SMILES string of the molecule is Cc1ccc(S(=O)(=O)[OH+]S(c2ccccc2)(c2ccccc2)c2cccc(C)c2)cc1. The summed E-state index contributed by atoms with van der Waals surface area (Å²) in [6, 6.07) is 34.4. The number of benzene rings is 4. The molecule has 0 aliphatic carbocycles. The Kier molecular flexibility index (Phi) is 6.01. The van der Waals surface area contributed by atoms with Crippen molar-refractivity contribution in [3.05, 3.63) is 120 Å². The van der Waals surface area contributed by atoms with Crippen LogP contribution in [0, 0.1) is 13.8 Å². The molecule has 4 aromatic rings. The fraction of sp³-hybridized carbons (Fsp3) is 0.0769. The normalized spacial score (nSPS) is 12.5. The van der Waals surface area contributed by atoms with Crippen LogP contribution >= 0.6 is 10.3 Å². The van der Waals surface area contributed by atoms with E-state index in [1.54, 1.807) is 24.3 Å². The molecule has 0 saturated carbocycles. The summed E-state index contributed by atoms with van der Waals surface area (Å²) in [5.74, 6) is 0. The topological polar surface area (TPSA) is 46.9 Å². The summed E-state index contributed by atoms with van der Waals surface area (Å²) in [6.07, 6.45) is 0. The minimum atomic E-state index is -3.93. The maximum Gasteiger partial charge on any atom is 0.422 e. The van der Waals surface area contributed by atoms with Gasteiger partial charge in [-0.2, -0.15) is 0 Å². The van der Waals surface area contributed by atoms with Crippen LogP contribution in [0.5, 0.6) is 0 Å². The maximum atomic E-state index is 13.6. The van der Waals surface area contributed by atoms with Gasteiger partial charge in [0.2, 0.25) is 0 Å². The molecule has 3 nitrogen and oxygen atoms in total. The van der Waals surface area contributed by atoms with Crippen LogP contribution in [0.25, 0.3) is 0 Å². The van der Waals surface area contributed by atoms with E-state index in [1.807, 2.05) is 98.8 Å². The number of aryl methyl sites for hydroxylation is 2. The summed E-state index contributed by atoms with van der Waals surface area (Å²) in [7, 11) is -6.36. The van der Waals surface area contributed by atoms with Crippen LogP contribution < -0.4 is 0 Å². The summed E-state index contributed by atoms with van der Waals surface area (Å²) in [6.45, 7) is 3.95. The van der Waals surface area contributed by atoms with Crippen LogP contribution in [0.3, 0.4) is 0 Å². The molecule has 0 fully saturated rings. The molecule has 0 amide bonds. The maximum absolute atomic E-state index is 13.6. The quantitative estimate of drug-likeness (QED) is 0.235. The first-order chi connectivity index (χ1) is 14.9. The first-order valence-corrected chi connectivity index (χ1v) is 13.0. The van der Waals surface area contributed by atoms with Gasteiger partial charge in [-0.15, -0.1) is 8.42 Å². The molecule has 31 heavy (non-hydrogen) atoms. The van der Waals surface area contributed by atoms with Crippen molar-refractivity contribution in [2.24, 2.45) is 0 Å². The molecule has 0 saturated heterocycles. The van der Waals surface area contributed by atoms with Crippen LogP contribution in [-0.2, 0) is 10.1 Å². The van der Waals surface area contributed by atoms with Gasteiger partial charge in [-0.1, -0.05) is 66.2 Å². The molecule has 4 rings (SSSR count). The van der Waals surface area contributed by atoms with E-state index in [0.717, 1.165) is 25.8 Å². The van der Waals surface area contributed by atoms with Crippen molar-refractivity contribution in [3.8, 4) is 0 Å². The Morgan fingerprint density at radius 1 is 0.516 bits per heavy atom. The van der Waals surface area contributed by atoms with Crippen LogP contribution in [0.1, 0.15) is 11.1 Å². The van der Waals surface area contributed by atoms with Crippen LogP contribution in [0.2, 0.25) is 0 Å². The first kappa shape index (κ1) is 21.4. The van der Waals surface area contributed by atoms with E-state index in [-0.39, 0.29) is 4.90 Å². The fourth-order valence-corrected chi connectivity index (χ4v) is 9.06. The summed E-state index contributed by atoms with van der Waals surface area (Å²) in [5.41, 5.74) is 2.06. The second kappa shape index (κ2) is 8.71. The molecular formula is C26H25O3S2+. The molecule has 1 N–H and O–H groups in total. The smallest absolute Gasteiger partial charge is 0.258 e. The Hall–Kier alpha value is -2.86. The zero-order chi connectivity index (χ0) is 21.9. The van der Waals surface area contributed by atoms with Gasteiger partial charge in [0, 0.05) is 0 Å². The van der Waals surface area contributed by atoms with E-state index in [0.29, 0.717) is 0 Å². The standard InChI is InChI=1S/C26H24O3S2/c1-21-16-18-25(19-17-21)31(27,28)29-30(23-11-5-3-6-12-23,24-13-7-4-8-14-24)26-15-9-10-22(2)20-26/h3-20H,1-2H3/p+1. The summed E-state index contributed by atoms with van der Waals surface area (Å²) >= 11 is 0. The predicted octanol–water partition coefficient (Wildman–Crippen LogP) is 6.98. The second-order valence-electron chi connectivity index (χ2n) is 7.39. The van der Waals surface area contributed by atoms with Gasteiger partial charge >= 0.3 is 10.1 Å². The van der Waals surface area contributed by atoms with Gasteiger partial charge in [-0.3, -0.25) is 3.63 Å². The zero-order valence-electron chi connectivity index (χ0n) is 17.5. The van der Waals surface area contributed by atoms with Crippen molar-refractivity contribution in [3.63, 3.8) is 0 Å². The lowest BCUT2D eigenvalue weighted by atomic mass is 10.2. The van der Waals surface area contributed by atoms with Crippen molar-refractivity contribution in [2.45, 2.75) is 33.4 Å². The van der Waals surface area contributed by atoms with E-state index >= 15 is 0 Å².